The molecular weight excluding hydrogens is 510 g/mol. The second kappa shape index (κ2) is 10.9. The van der Waals surface area contributed by atoms with Gasteiger partial charge in [0.1, 0.15) is 5.75 Å². The van der Waals surface area contributed by atoms with Gasteiger partial charge in [0, 0.05) is 43.6 Å². The molecule has 208 valence electrons. The normalized spacial score (nSPS) is 16.6. The summed E-state index contributed by atoms with van der Waals surface area (Å²) in [4.78, 5) is 40.6. The van der Waals surface area contributed by atoms with Gasteiger partial charge in [-0.05, 0) is 57.3 Å². The third-order valence-electron chi connectivity index (χ3n) is 6.89. The molecule has 0 bridgehead atoms. The summed E-state index contributed by atoms with van der Waals surface area (Å²) in [7, 11) is 3.75. The molecule has 1 fully saturated rings. The van der Waals surface area contributed by atoms with E-state index in [4.69, 9.17) is 9.47 Å². The number of anilines is 6. The van der Waals surface area contributed by atoms with E-state index in [1.54, 1.807) is 51.4 Å². The number of ether oxygens (including phenoxy) is 2. The van der Waals surface area contributed by atoms with Gasteiger partial charge in [-0.15, -0.1) is 0 Å². The van der Waals surface area contributed by atoms with Crippen LogP contribution in [0.1, 0.15) is 13.8 Å². The Morgan fingerprint density at radius 2 is 1.90 bits per heavy atom. The second-order valence-electron chi connectivity index (χ2n) is 10.2. The van der Waals surface area contributed by atoms with E-state index in [9.17, 15) is 9.59 Å². The summed E-state index contributed by atoms with van der Waals surface area (Å²) in [6, 6.07) is 12.9. The van der Waals surface area contributed by atoms with Crippen molar-refractivity contribution in [2.45, 2.75) is 19.4 Å². The molecule has 0 saturated carbocycles. The number of carbonyl (C=O) groups excluding carboxylic acids is 2. The molecule has 3 aromatic rings. The Bertz CT molecular complexity index is 1450. The summed E-state index contributed by atoms with van der Waals surface area (Å²) in [6.45, 7) is 10.8. The summed E-state index contributed by atoms with van der Waals surface area (Å²) in [5.74, 6) is 0.879. The Kier molecular flexibility index (Phi) is 7.31. The van der Waals surface area contributed by atoms with Crippen LogP contribution in [0, 0.1) is 0 Å². The number of methoxy groups -OCH3 is 1. The highest BCUT2D eigenvalue weighted by Crippen LogP contribution is 2.42. The van der Waals surface area contributed by atoms with Gasteiger partial charge in [-0.3, -0.25) is 14.5 Å². The molecule has 2 aliphatic heterocycles. The molecule has 11 heteroatoms. The maximum Gasteiger partial charge on any atom is 0.276 e. The summed E-state index contributed by atoms with van der Waals surface area (Å²) in [5.41, 5.74) is 1.64. The number of nitrogens with one attached hydrogen (secondary N) is 2. The largest absolute Gasteiger partial charge is 0.494 e. The van der Waals surface area contributed by atoms with Gasteiger partial charge in [0.05, 0.1) is 24.7 Å². The van der Waals surface area contributed by atoms with Crippen molar-refractivity contribution in [3.8, 4) is 11.5 Å². The average Bonchev–Trinajstić information content (AvgIpc) is 2.94. The van der Waals surface area contributed by atoms with E-state index in [2.05, 4.69) is 44.0 Å². The first-order valence-electron chi connectivity index (χ1n) is 13.0. The Morgan fingerprint density at radius 1 is 1.12 bits per heavy atom. The zero-order chi connectivity index (χ0) is 28.4. The SMILES string of the molecule is C=CC(=O)Nc1cccc(N2C(=O)C(C)(C)Oc3cnc(Nc4ccc(N5CCN(C)CC5)cc4OC)nc32)c1. The van der Waals surface area contributed by atoms with Crippen molar-refractivity contribution < 1.29 is 19.1 Å². The van der Waals surface area contributed by atoms with E-state index < -0.39 is 5.60 Å². The van der Waals surface area contributed by atoms with E-state index in [1.807, 2.05) is 18.2 Å². The van der Waals surface area contributed by atoms with Gasteiger partial charge in [0.2, 0.25) is 11.9 Å². The van der Waals surface area contributed by atoms with Crippen LogP contribution in [0.3, 0.4) is 0 Å². The van der Waals surface area contributed by atoms with Crippen LogP contribution in [0.25, 0.3) is 0 Å². The lowest BCUT2D eigenvalue weighted by molar-refractivity contribution is -0.131. The highest BCUT2D eigenvalue weighted by Gasteiger charge is 2.43. The minimum Gasteiger partial charge on any atom is -0.494 e. The highest BCUT2D eigenvalue weighted by atomic mass is 16.5. The summed E-state index contributed by atoms with van der Waals surface area (Å²) < 4.78 is 11.7. The van der Waals surface area contributed by atoms with E-state index in [1.165, 1.54) is 11.0 Å². The van der Waals surface area contributed by atoms with E-state index in [0.717, 1.165) is 31.9 Å². The number of benzene rings is 2. The number of likely N-dealkylation sites (N-methyl/N-ethyl adjacent to an activating group) is 1. The monoisotopic (exact) mass is 543 g/mol. The minimum atomic E-state index is -1.16. The average molecular weight is 544 g/mol. The molecule has 40 heavy (non-hydrogen) atoms. The number of rotatable bonds is 7. The summed E-state index contributed by atoms with van der Waals surface area (Å²) in [6.07, 6.45) is 2.72. The molecule has 1 saturated heterocycles. The van der Waals surface area contributed by atoms with Gasteiger partial charge in [-0.1, -0.05) is 12.6 Å². The summed E-state index contributed by atoms with van der Waals surface area (Å²) in [5, 5.41) is 5.95. The predicted molar refractivity (Wildman–Crippen MR) is 155 cm³/mol. The molecule has 5 rings (SSSR count). The maximum atomic E-state index is 13.6. The smallest absolute Gasteiger partial charge is 0.276 e. The van der Waals surface area contributed by atoms with Gasteiger partial charge in [0.15, 0.2) is 17.2 Å². The zero-order valence-electron chi connectivity index (χ0n) is 23.1. The number of aromatic nitrogens is 2. The van der Waals surface area contributed by atoms with Crippen LogP contribution < -0.4 is 29.9 Å². The number of nitrogens with zero attached hydrogens (tertiary/aromatic N) is 5. The molecule has 2 aromatic carbocycles. The predicted octanol–water partition coefficient (Wildman–Crippen LogP) is 3.94. The Balaban J connectivity index is 1.46. The Morgan fingerprint density at radius 3 is 2.62 bits per heavy atom. The molecule has 0 spiro atoms. The van der Waals surface area contributed by atoms with Crippen molar-refractivity contribution in [3.05, 3.63) is 61.3 Å². The van der Waals surface area contributed by atoms with Crippen molar-refractivity contribution in [1.29, 1.82) is 0 Å². The molecule has 3 heterocycles. The fourth-order valence-corrected chi connectivity index (χ4v) is 4.66. The molecule has 0 radical (unpaired) electrons. The molecular formula is C29H33N7O4. The molecule has 0 unspecified atom stereocenters. The van der Waals surface area contributed by atoms with Crippen molar-refractivity contribution >= 4 is 46.3 Å². The lowest BCUT2D eigenvalue weighted by Gasteiger charge is -2.37. The maximum absolute atomic E-state index is 13.6. The standard InChI is InChI=1S/C29H33N7O4/c1-6-25(37)31-19-8-7-9-21(16-19)36-26-24(40-29(2,3)27(36)38)18-30-28(33-26)32-22-11-10-20(17-23(22)39-5)35-14-12-34(4)13-15-35/h6-11,16-18H,1,12-15H2,2-5H3,(H,31,37)(H,30,32,33). The van der Waals surface area contributed by atoms with Crippen LogP contribution in [0.15, 0.2) is 61.3 Å². The van der Waals surface area contributed by atoms with Crippen LogP contribution in [0.5, 0.6) is 11.5 Å². The van der Waals surface area contributed by atoms with Gasteiger partial charge in [-0.25, -0.2) is 4.98 Å². The first-order valence-corrected chi connectivity index (χ1v) is 13.0. The van der Waals surface area contributed by atoms with Crippen molar-refractivity contribution in [2.75, 3.05) is 60.8 Å². The molecule has 2 N–H and O–H groups in total. The van der Waals surface area contributed by atoms with Gasteiger partial charge in [-0.2, -0.15) is 4.98 Å². The summed E-state index contributed by atoms with van der Waals surface area (Å²) >= 11 is 0. The lowest BCUT2D eigenvalue weighted by Crippen LogP contribution is -2.51. The van der Waals surface area contributed by atoms with Crippen LogP contribution >= 0.6 is 0 Å². The third-order valence-corrected chi connectivity index (χ3v) is 6.89. The van der Waals surface area contributed by atoms with Gasteiger partial charge in [0.25, 0.3) is 5.91 Å². The second-order valence-corrected chi connectivity index (χ2v) is 10.2. The molecule has 1 aromatic heterocycles. The number of amides is 2. The van der Waals surface area contributed by atoms with Crippen LogP contribution in [0.4, 0.5) is 34.5 Å². The first-order chi connectivity index (χ1) is 19.2. The number of piperazine rings is 1. The topological polar surface area (TPSA) is 112 Å². The Labute approximate surface area is 233 Å². The quantitative estimate of drug-likeness (QED) is 0.428. The number of fused-ring (bicyclic) bond motifs is 1. The lowest BCUT2D eigenvalue weighted by atomic mass is 10.0. The zero-order valence-corrected chi connectivity index (χ0v) is 23.1. The number of carbonyl (C=O) groups is 2. The van der Waals surface area contributed by atoms with E-state index in [-0.39, 0.29) is 23.6 Å². The van der Waals surface area contributed by atoms with Crippen LogP contribution in [-0.2, 0) is 9.59 Å². The Hall–Kier alpha value is -4.64. The molecule has 2 amide bonds. The third kappa shape index (κ3) is 5.41. The fourth-order valence-electron chi connectivity index (χ4n) is 4.66. The number of hydrogen-bond donors (Lipinski definition) is 2. The van der Waals surface area contributed by atoms with Gasteiger partial charge >= 0.3 is 0 Å². The molecule has 0 atom stereocenters. The van der Waals surface area contributed by atoms with E-state index >= 15 is 0 Å². The minimum absolute atomic E-state index is 0.265. The van der Waals surface area contributed by atoms with Crippen LogP contribution in [0.2, 0.25) is 0 Å². The fraction of sp³-hybridized carbons (Fsp3) is 0.310. The van der Waals surface area contributed by atoms with Crippen molar-refractivity contribution in [2.24, 2.45) is 0 Å². The highest BCUT2D eigenvalue weighted by molar-refractivity contribution is 6.08. The first kappa shape index (κ1) is 26.9. The van der Waals surface area contributed by atoms with E-state index in [0.29, 0.717) is 28.6 Å². The van der Waals surface area contributed by atoms with Crippen molar-refractivity contribution in [3.63, 3.8) is 0 Å². The van der Waals surface area contributed by atoms with Crippen LogP contribution in [-0.4, -0.2) is 72.6 Å². The van der Waals surface area contributed by atoms with Gasteiger partial charge < -0.3 is 29.9 Å². The molecule has 2 aliphatic rings. The van der Waals surface area contributed by atoms with Crippen molar-refractivity contribution in [1.82, 2.24) is 14.9 Å². The molecule has 0 aliphatic carbocycles. The number of hydrogen-bond acceptors (Lipinski definition) is 9. The molecule has 11 nitrogen and oxygen atoms in total.